The molecule has 122 valence electrons. The molecule has 1 aliphatic heterocycles. The molecule has 1 aromatic rings. The van der Waals surface area contributed by atoms with Gasteiger partial charge in [-0.15, -0.1) is 24.8 Å². The molecular weight excluding hydrogens is 334 g/mol. The Kier molecular flexibility index (Phi) is 9.83. The number of rotatable bonds is 4. The first-order chi connectivity index (χ1) is 9.13. The van der Waals surface area contributed by atoms with Crippen LogP contribution in [0.15, 0.2) is 18.2 Å². The fourth-order valence-electron chi connectivity index (χ4n) is 2.78. The molecule has 21 heavy (non-hydrogen) atoms. The van der Waals surface area contributed by atoms with Crippen LogP contribution in [0.5, 0.6) is 0 Å². The van der Waals surface area contributed by atoms with Gasteiger partial charge >= 0.3 is 0 Å². The number of hydrogen-bond acceptors (Lipinski definition) is 2. The molecule has 1 saturated heterocycles. The monoisotopic (exact) mass is 356 g/mol. The highest BCUT2D eigenvalue weighted by molar-refractivity contribution is 6.30. The Hall–Kier alpha value is -0.0600. The van der Waals surface area contributed by atoms with Crippen LogP contribution >= 0.6 is 36.4 Å². The van der Waals surface area contributed by atoms with E-state index >= 15 is 0 Å². The summed E-state index contributed by atoms with van der Waals surface area (Å²) < 4.78 is 13.7. The average Bonchev–Trinajstić information content (AvgIpc) is 2.44. The van der Waals surface area contributed by atoms with Crippen molar-refractivity contribution < 1.29 is 4.39 Å². The van der Waals surface area contributed by atoms with Crippen molar-refractivity contribution in [1.29, 1.82) is 0 Å². The van der Waals surface area contributed by atoms with Gasteiger partial charge in [-0.1, -0.05) is 37.9 Å². The summed E-state index contributed by atoms with van der Waals surface area (Å²) in [4.78, 5) is 2.45. The van der Waals surface area contributed by atoms with Gasteiger partial charge < -0.3 is 5.32 Å². The summed E-state index contributed by atoms with van der Waals surface area (Å²) in [6, 6.07) is 5.51. The van der Waals surface area contributed by atoms with Crippen LogP contribution in [0.3, 0.4) is 0 Å². The highest BCUT2D eigenvalue weighted by atomic mass is 35.5. The Labute approximate surface area is 144 Å². The van der Waals surface area contributed by atoms with Crippen molar-refractivity contribution in [2.75, 3.05) is 26.2 Å². The third kappa shape index (κ3) is 5.26. The minimum absolute atomic E-state index is 0. The number of hydrogen-bond donors (Lipinski definition) is 1. The predicted molar refractivity (Wildman–Crippen MR) is 92.5 cm³/mol. The van der Waals surface area contributed by atoms with Gasteiger partial charge in [0.05, 0.1) is 5.02 Å². The van der Waals surface area contributed by atoms with E-state index in [0.717, 1.165) is 38.2 Å². The van der Waals surface area contributed by atoms with E-state index in [0.29, 0.717) is 5.92 Å². The van der Waals surface area contributed by atoms with Crippen LogP contribution in [-0.2, 0) is 0 Å². The Morgan fingerprint density at radius 3 is 2.43 bits per heavy atom. The third-order valence-corrected chi connectivity index (χ3v) is 4.32. The van der Waals surface area contributed by atoms with Crippen LogP contribution in [-0.4, -0.2) is 31.1 Å². The molecule has 2 rings (SSSR count). The second-order valence-electron chi connectivity index (χ2n) is 5.29. The van der Waals surface area contributed by atoms with Crippen LogP contribution in [0, 0.1) is 11.7 Å². The lowest BCUT2D eigenvalue weighted by Crippen LogP contribution is -2.46. The standard InChI is InChI=1S/C15H22ClFN2.2ClH/c1-3-11(2)15(19-8-6-18-7-9-19)12-4-5-13(16)14(17)10-12;;/h4-5,10-11,15,18H,3,6-9H2,1-2H3;2*1H/t11?,15-;;/m0../s1. The van der Waals surface area contributed by atoms with E-state index < -0.39 is 0 Å². The van der Waals surface area contributed by atoms with Gasteiger partial charge in [0.15, 0.2) is 0 Å². The Bertz CT molecular complexity index is 425. The van der Waals surface area contributed by atoms with E-state index in [1.807, 2.05) is 6.07 Å². The molecule has 0 radical (unpaired) electrons. The predicted octanol–water partition coefficient (Wildman–Crippen LogP) is 4.32. The Balaban J connectivity index is 0.00000200. The van der Waals surface area contributed by atoms with Crippen molar-refractivity contribution in [3.05, 3.63) is 34.6 Å². The molecule has 0 aromatic heterocycles. The molecule has 1 N–H and O–H groups in total. The molecule has 6 heteroatoms. The lowest BCUT2D eigenvalue weighted by atomic mass is 9.90. The maximum atomic E-state index is 13.7. The highest BCUT2D eigenvalue weighted by Crippen LogP contribution is 2.32. The van der Waals surface area contributed by atoms with Gasteiger partial charge in [-0.05, 0) is 23.6 Å². The number of nitrogens with zero attached hydrogens (tertiary/aromatic N) is 1. The summed E-state index contributed by atoms with van der Waals surface area (Å²) >= 11 is 5.79. The molecule has 1 aliphatic rings. The second-order valence-corrected chi connectivity index (χ2v) is 5.70. The van der Waals surface area contributed by atoms with E-state index in [4.69, 9.17) is 11.6 Å². The SMILES string of the molecule is CCC(C)[C@@H](c1ccc(Cl)c(F)c1)N1CCNCC1.Cl.Cl. The summed E-state index contributed by atoms with van der Waals surface area (Å²) in [7, 11) is 0. The summed E-state index contributed by atoms with van der Waals surface area (Å²) in [5, 5.41) is 3.56. The van der Waals surface area contributed by atoms with Crippen LogP contribution in [0.4, 0.5) is 4.39 Å². The maximum Gasteiger partial charge on any atom is 0.142 e. The zero-order chi connectivity index (χ0) is 13.8. The van der Waals surface area contributed by atoms with Crippen LogP contribution < -0.4 is 5.32 Å². The number of benzene rings is 1. The van der Waals surface area contributed by atoms with Crippen molar-refractivity contribution in [2.45, 2.75) is 26.3 Å². The topological polar surface area (TPSA) is 15.3 Å². The molecule has 0 saturated carbocycles. The van der Waals surface area contributed by atoms with Crippen molar-refractivity contribution >= 4 is 36.4 Å². The highest BCUT2D eigenvalue weighted by Gasteiger charge is 2.26. The molecular formula is C15H24Cl3FN2. The van der Waals surface area contributed by atoms with Crippen LogP contribution in [0.1, 0.15) is 31.9 Å². The molecule has 1 fully saturated rings. The molecule has 0 amide bonds. The van der Waals surface area contributed by atoms with Gasteiger partial charge in [0.2, 0.25) is 0 Å². The molecule has 2 atom stereocenters. The van der Waals surface area contributed by atoms with E-state index in [1.165, 1.54) is 0 Å². The molecule has 0 bridgehead atoms. The van der Waals surface area contributed by atoms with Gasteiger partial charge in [-0.3, -0.25) is 4.90 Å². The maximum absolute atomic E-state index is 13.7. The van der Waals surface area contributed by atoms with E-state index in [9.17, 15) is 4.39 Å². The van der Waals surface area contributed by atoms with E-state index in [1.54, 1.807) is 12.1 Å². The Morgan fingerprint density at radius 2 is 1.90 bits per heavy atom. The van der Waals surface area contributed by atoms with Crippen LogP contribution in [0.2, 0.25) is 5.02 Å². The van der Waals surface area contributed by atoms with Crippen molar-refractivity contribution in [3.8, 4) is 0 Å². The van der Waals surface area contributed by atoms with Gasteiger partial charge in [-0.2, -0.15) is 0 Å². The second kappa shape index (κ2) is 9.86. The lowest BCUT2D eigenvalue weighted by molar-refractivity contribution is 0.128. The third-order valence-electron chi connectivity index (χ3n) is 4.01. The number of nitrogens with one attached hydrogen (secondary N) is 1. The lowest BCUT2D eigenvalue weighted by Gasteiger charge is -2.38. The number of halogens is 4. The molecule has 1 heterocycles. The van der Waals surface area contributed by atoms with E-state index in [-0.39, 0.29) is 41.7 Å². The summed E-state index contributed by atoms with van der Waals surface area (Å²) in [5.74, 6) is 0.182. The normalized spacial score (nSPS) is 18.3. The zero-order valence-electron chi connectivity index (χ0n) is 12.4. The van der Waals surface area contributed by atoms with Crippen LogP contribution in [0.25, 0.3) is 0 Å². The van der Waals surface area contributed by atoms with Gasteiger partial charge in [0.25, 0.3) is 0 Å². The first kappa shape index (κ1) is 20.9. The van der Waals surface area contributed by atoms with Crippen molar-refractivity contribution in [3.63, 3.8) is 0 Å². The van der Waals surface area contributed by atoms with E-state index in [2.05, 4.69) is 24.1 Å². The molecule has 1 unspecified atom stereocenters. The average molecular weight is 358 g/mol. The fourth-order valence-corrected chi connectivity index (χ4v) is 2.90. The summed E-state index contributed by atoms with van der Waals surface area (Å²) in [5.41, 5.74) is 1.04. The minimum atomic E-state index is -0.317. The number of piperazine rings is 1. The summed E-state index contributed by atoms with van der Waals surface area (Å²) in [6.45, 7) is 8.45. The molecule has 0 spiro atoms. The fraction of sp³-hybridized carbons (Fsp3) is 0.600. The van der Waals surface area contributed by atoms with Crippen molar-refractivity contribution in [1.82, 2.24) is 10.2 Å². The quantitative estimate of drug-likeness (QED) is 0.863. The summed E-state index contributed by atoms with van der Waals surface area (Å²) in [6.07, 6.45) is 1.08. The van der Waals surface area contributed by atoms with Gasteiger partial charge in [0.1, 0.15) is 5.82 Å². The van der Waals surface area contributed by atoms with Gasteiger partial charge in [0, 0.05) is 32.2 Å². The molecule has 0 aliphatic carbocycles. The largest absolute Gasteiger partial charge is 0.314 e. The first-order valence-electron chi connectivity index (χ1n) is 7.03. The molecule has 2 nitrogen and oxygen atoms in total. The minimum Gasteiger partial charge on any atom is -0.314 e. The Morgan fingerprint density at radius 1 is 1.29 bits per heavy atom. The van der Waals surface area contributed by atoms with Gasteiger partial charge in [-0.25, -0.2) is 4.39 Å². The zero-order valence-corrected chi connectivity index (χ0v) is 14.8. The molecule has 1 aromatic carbocycles. The first-order valence-corrected chi connectivity index (χ1v) is 7.41. The van der Waals surface area contributed by atoms with Crippen molar-refractivity contribution in [2.24, 2.45) is 5.92 Å². The smallest absolute Gasteiger partial charge is 0.142 e.